The summed E-state index contributed by atoms with van der Waals surface area (Å²) in [5, 5.41) is 0. The molecule has 1 fully saturated rings. The summed E-state index contributed by atoms with van der Waals surface area (Å²) in [6.07, 6.45) is 6.11. The second-order valence-corrected chi connectivity index (χ2v) is 6.78. The maximum Gasteiger partial charge on any atom is 0.165 e. The van der Waals surface area contributed by atoms with E-state index in [4.69, 9.17) is 15.2 Å². The Hall–Kier alpha value is -0.740. The maximum absolute atomic E-state index is 6.21. The van der Waals surface area contributed by atoms with Gasteiger partial charge >= 0.3 is 0 Å². The van der Waals surface area contributed by atoms with Gasteiger partial charge in [-0.1, -0.05) is 35.2 Å². The molecule has 1 saturated carbocycles. The second kappa shape index (κ2) is 5.57. The summed E-state index contributed by atoms with van der Waals surface area (Å²) in [6.45, 7) is 4.09. The highest BCUT2D eigenvalue weighted by Crippen LogP contribution is 2.50. The van der Waals surface area contributed by atoms with Crippen LogP contribution in [0, 0.1) is 6.92 Å². The smallest absolute Gasteiger partial charge is 0.165 e. The van der Waals surface area contributed by atoms with Crippen molar-refractivity contribution in [2.75, 3.05) is 19.8 Å². The Kier molecular flexibility index (Phi) is 3.95. The van der Waals surface area contributed by atoms with Crippen LogP contribution in [-0.4, -0.2) is 19.8 Å². The lowest BCUT2D eigenvalue weighted by Gasteiger charge is -2.40. The topological polar surface area (TPSA) is 44.5 Å². The first-order chi connectivity index (χ1) is 9.68. The predicted molar refractivity (Wildman–Crippen MR) is 83.7 cm³/mol. The molecule has 0 atom stereocenters. The normalized spacial score (nSPS) is 20.8. The Morgan fingerprint density at radius 2 is 1.90 bits per heavy atom. The SMILES string of the molecule is Cc1c(Br)cc2c(c1C1(CN)CCCCC1)OCCO2. The molecule has 0 bridgehead atoms. The van der Waals surface area contributed by atoms with Gasteiger partial charge < -0.3 is 15.2 Å². The van der Waals surface area contributed by atoms with E-state index in [1.54, 1.807) is 0 Å². The van der Waals surface area contributed by atoms with Crippen LogP contribution in [0.1, 0.15) is 43.2 Å². The Balaban J connectivity index is 2.17. The van der Waals surface area contributed by atoms with Crippen LogP contribution < -0.4 is 15.2 Å². The van der Waals surface area contributed by atoms with Gasteiger partial charge in [-0.15, -0.1) is 0 Å². The van der Waals surface area contributed by atoms with Crippen LogP contribution in [0.5, 0.6) is 11.5 Å². The van der Waals surface area contributed by atoms with Gasteiger partial charge in [-0.25, -0.2) is 0 Å². The first-order valence-electron chi connectivity index (χ1n) is 7.47. The number of ether oxygens (including phenoxy) is 2. The van der Waals surface area contributed by atoms with Crippen LogP contribution in [0.2, 0.25) is 0 Å². The van der Waals surface area contributed by atoms with Gasteiger partial charge in [0.05, 0.1) is 0 Å². The third-order valence-electron chi connectivity index (χ3n) is 4.76. The third kappa shape index (κ3) is 2.23. The van der Waals surface area contributed by atoms with Crippen molar-refractivity contribution in [1.82, 2.24) is 0 Å². The lowest BCUT2D eigenvalue weighted by Crippen LogP contribution is -2.39. The fourth-order valence-corrected chi connectivity index (χ4v) is 4.08. The molecule has 0 unspecified atom stereocenters. The molecule has 0 spiro atoms. The minimum absolute atomic E-state index is 0.0525. The standard InChI is InChI=1S/C16H22BrNO2/c1-11-12(17)9-13-15(20-8-7-19-13)14(11)16(10-18)5-3-2-4-6-16/h9H,2-8,10,18H2,1H3. The summed E-state index contributed by atoms with van der Waals surface area (Å²) in [6, 6.07) is 2.03. The molecule has 2 N–H and O–H groups in total. The molecule has 1 aliphatic heterocycles. The lowest BCUT2D eigenvalue weighted by atomic mass is 9.68. The van der Waals surface area contributed by atoms with E-state index in [1.165, 1.54) is 30.4 Å². The summed E-state index contributed by atoms with van der Waals surface area (Å²) in [7, 11) is 0. The first kappa shape index (κ1) is 14.2. The van der Waals surface area contributed by atoms with Crippen molar-refractivity contribution >= 4 is 15.9 Å². The van der Waals surface area contributed by atoms with Crippen molar-refractivity contribution in [1.29, 1.82) is 0 Å². The zero-order valence-electron chi connectivity index (χ0n) is 12.0. The van der Waals surface area contributed by atoms with Gasteiger partial charge in [0.1, 0.15) is 13.2 Å². The van der Waals surface area contributed by atoms with Gasteiger partial charge in [-0.2, -0.15) is 0 Å². The number of benzene rings is 1. The number of rotatable bonds is 2. The zero-order chi connectivity index (χ0) is 14.2. The molecular formula is C16H22BrNO2. The van der Waals surface area contributed by atoms with Gasteiger partial charge in [-0.3, -0.25) is 0 Å². The molecule has 2 aliphatic rings. The van der Waals surface area contributed by atoms with Gasteiger partial charge in [0.2, 0.25) is 0 Å². The van der Waals surface area contributed by atoms with E-state index in [0.29, 0.717) is 19.8 Å². The Bertz CT molecular complexity index is 510. The van der Waals surface area contributed by atoms with E-state index < -0.39 is 0 Å². The molecule has 3 rings (SSSR count). The van der Waals surface area contributed by atoms with Gasteiger partial charge in [-0.05, 0) is 31.4 Å². The minimum atomic E-state index is 0.0525. The molecule has 1 aromatic rings. The maximum atomic E-state index is 6.21. The van der Waals surface area contributed by atoms with E-state index in [2.05, 4.69) is 22.9 Å². The Morgan fingerprint density at radius 1 is 1.20 bits per heavy atom. The molecule has 0 amide bonds. The van der Waals surface area contributed by atoms with Gasteiger partial charge in [0.25, 0.3) is 0 Å². The molecule has 1 aliphatic carbocycles. The summed E-state index contributed by atoms with van der Waals surface area (Å²) in [4.78, 5) is 0. The number of hydrogen-bond donors (Lipinski definition) is 1. The van der Waals surface area contributed by atoms with E-state index in [-0.39, 0.29) is 5.41 Å². The van der Waals surface area contributed by atoms with Crippen molar-refractivity contribution in [2.24, 2.45) is 5.73 Å². The highest BCUT2D eigenvalue weighted by Gasteiger charge is 2.38. The highest BCUT2D eigenvalue weighted by molar-refractivity contribution is 9.10. The monoisotopic (exact) mass is 339 g/mol. The van der Waals surface area contributed by atoms with Crippen LogP contribution >= 0.6 is 15.9 Å². The molecule has 3 nitrogen and oxygen atoms in total. The average Bonchev–Trinajstić information content (AvgIpc) is 2.49. The molecular weight excluding hydrogens is 318 g/mol. The second-order valence-electron chi connectivity index (χ2n) is 5.93. The quantitative estimate of drug-likeness (QED) is 0.893. The fraction of sp³-hybridized carbons (Fsp3) is 0.625. The lowest BCUT2D eigenvalue weighted by molar-refractivity contribution is 0.163. The molecule has 0 aromatic heterocycles. The third-order valence-corrected chi connectivity index (χ3v) is 5.58. The summed E-state index contributed by atoms with van der Waals surface area (Å²) in [5.41, 5.74) is 8.80. The van der Waals surface area contributed by atoms with Crippen molar-refractivity contribution in [2.45, 2.75) is 44.4 Å². The van der Waals surface area contributed by atoms with Crippen molar-refractivity contribution in [3.05, 3.63) is 21.7 Å². The molecule has 110 valence electrons. The first-order valence-corrected chi connectivity index (χ1v) is 8.26. The van der Waals surface area contributed by atoms with Crippen molar-refractivity contribution in [3.8, 4) is 11.5 Å². The highest BCUT2D eigenvalue weighted by atomic mass is 79.9. The number of nitrogens with two attached hydrogens (primary N) is 1. The van der Waals surface area contributed by atoms with Crippen LogP contribution in [0.3, 0.4) is 0 Å². The predicted octanol–water partition coefficient (Wildman–Crippen LogP) is 3.69. The van der Waals surface area contributed by atoms with Crippen molar-refractivity contribution < 1.29 is 9.47 Å². The van der Waals surface area contributed by atoms with Crippen molar-refractivity contribution in [3.63, 3.8) is 0 Å². The Labute approximate surface area is 129 Å². The molecule has 1 heterocycles. The van der Waals surface area contributed by atoms with Crippen LogP contribution in [0.25, 0.3) is 0 Å². The fourth-order valence-electron chi connectivity index (χ4n) is 3.67. The Morgan fingerprint density at radius 3 is 2.60 bits per heavy atom. The number of hydrogen-bond acceptors (Lipinski definition) is 3. The number of halogens is 1. The molecule has 1 aromatic carbocycles. The summed E-state index contributed by atoms with van der Waals surface area (Å²) < 4.78 is 12.8. The van der Waals surface area contributed by atoms with Crippen LogP contribution in [0.15, 0.2) is 10.5 Å². The minimum Gasteiger partial charge on any atom is -0.486 e. The molecule has 0 saturated heterocycles. The van der Waals surface area contributed by atoms with Gasteiger partial charge in [0.15, 0.2) is 11.5 Å². The molecule has 0 radical (unpaired) electrons. The molecule has 4 heteroatoms. The van der Waals surface area contributed by atoms with E-state index in [9.17, 15) is 0 Å². The average molecular weight is 340 g/mol. The van der Waals surface area contributed by atoms with Gasteiger partial charge in [0, 0.05) is 22.0 Å². The van der Waals surface area contributed by atoms with E-state index in [0.717, 1.165) is 28.8 Å². The number of fused-ring (bicyclic) bond motifs is 1. The molecule has 20 heavy (non-hydrogen) atoms. The van der Waals surface area contributed by atoms with Crippen LogP contribution in [0.4, 0.5) is 0 Å². The summed E-state index contributed by atoms with van der Waals surface area (Å²) in [5.74, 6) is 1.80. The zero-order valence-corrected chi connectivity index (χ0v) is 13.6. The van der Waals surface area contributed by atoms with E-state index in [1.807, 2.05) is 6.07 Å². The van der Waals surface area contributed by atoms with Crippen LogP contribution in [-0.2, 0) is 5.41 Å². The summed E-state index contributed by atoms with van der Waals surface area (Å²) >= 11 is 3.67. The van der Waals surface area contributed by atoms with E-state index >= 15 is 0 Å². The largest absolute Gasteiger partial charge is 0.486 e.